The third-order valence-corrected chi connectivity index (χ3v) is 6.28. The van der Waals surface area contributed by atoms with Crippen LogP contribution >= 0.6 is 0 Å². The fourth-order valence-electron chi connectivity index (χ4n) is 4.65. The minimum absolute atomic E-state index is 0.308. The second-order valence-electron chi connectivity index (χ2n) is 8.07. The minimum Gasteiger partial charge on any atom is -0.306 e. The lowest BCUT2D eigenvalue weighted by Crippen LogP contribution is -2.34. The highest BCUT2D eigenvalue weighted by Gasteiger charge is 2.41. The highest BCUT2D eigenvalue weighted by Crippen LogP contribution is 2.45. The van der Waals surface area contributed by atoms with Crippen molar-refractivity contribution < 1.29 is 0 Å². The van der Waals surface area contributed by atoms with Crippen LogP contribution in [0.1, 0.15) is 49.7 Å². The molecule has 27 heavy (non-hydrogen) atoms. The van der Waals surface area contributed by atoms with Crippen molar-refractivity contribution in [3.8, 4) is 6.07 Å². The second kappa shape index (κ2) is 9.72. The number of likely N-dealkylation sites (N-methyl/N-ethyl adjacent to an activating group) is 1. The maximum Gasteiger partial charge on any atom is 0.0850 e. The number of nitriles is 1. The molecule has 1 unspecified atom stereocenters. The Kier molecular flexibility index (Phi) is 7.07. The van der Waals surface area contributed by atoms with Gasteiger partial charge in [0, 0.05) is 6.54 Å². The zero-order chi connectivity index (χ0) is 19.0. The van der Waals surface area contributed by atoms with Gasteiger partial charge in [-0.05, 0) is 62.7 Å². The average molecular weight is 361 g/mol. The summed E-state index contributed by atoms with van der Waals surface area (Å²) in [5.74, 6) is 0.513. The quantitative estimate of drug-likeness (QED) is 0.582. The van der Waals surface area contributed by atoms with Crippen molar-refractivity contribution in [2.75, 3.05) is 20.1 Å². The van der Waals surface area contributed by atoms with Gasteiger partial charge in [0.1, 0.15) is 0 Å². The van der Waals surface area contributed by atoms with Gasteiger partial charge >= 0.3 is 0 Å². The summed E-state index contributed by atoms with van der Waals surface area (Å²) in [6.45, 7) is 2.12. The molecule has 3 rings (SSSR count). The van der Waals surface area contributed by atoms with Crippen LogP contribution in [-0.2, 0) is 11.8 Å². The van der Waals surface area contributed by atoms with E-state index in [0.29, 0.717) is 5.92 Å². The Bertz CT molecular complexity index is 713. The maximum atomic E-state index is 10.2. The summed E-state index contributed by atoms with van der Waals surface area (Å²) in [6.07, 6.45) is 8.08. The van der Waals surface area contributed by atoms with Gasteiger partial charge in [0.05, 0.1) is 11.5 Å². The van der Waals surface area contributed by atoms with Gasteiger partial charge in [-0.1, -0.05) is 73.5 Å². The molecule has 0 heterocycles. The van der Waals surface area contributed by atoms with Gasteiger partial charge in [0.15, 0.2) is 0 Å². The van der Waals surface area contributed by atoms with Crippen LogP contribution in [0, 0.1) is 17.2 Å². The maximum absolute atomic E-state index is 10.2. The molecule has 0 amide bonds. The number of benzene rings is 2. The largest absolute Gasteiger partial charge is 0.306 e. The van der Waals surface area contributed by atoms with E-state index in [1.807, 2.05) is 0 Å². The number of hydrogen-bond acceptors (Lipinski definition) is 2. The van der Waals surface area contributed by atoms with Gasteiger partial charge in [0.25, 0.3) is 0 Å². The SMILES string of the molecule is CN(CCCC(C#N)(c1ccccc1)C1CCCC1)CCc1ccccc1. The van der Waals surface area contributed by atoms with E-state index < -0.39 is 0 Å². The summed E-state index contributed by atoms with van der Waals surface area (Å²) < 4.78 is 0. The first kappa shape index (κ1) is 19.6. The van der Waals surface area contributed by atoms with Gasteiger partial charge < -0.3 is 4.90 Å². The highest BCUT2D eigenvalue weighted by atomic mass is 15.1. The van der Waals surface area contributed by atoms with E-state index in [2.05, 4.69) is 78.7 Å². The summed E-state index contributed by atoms with van der Waals surface area (Å²) in [4.78, 5) is 2.41. The molecule has 2 nitrogen and oxygen atoms in total. The Morgan fingerprint density at radius 2 is 1.59 bits per heavy atom. The van der Waals surface area contributed by atoms with E-state index in [9.17, 15) is 5.26 Å². The Labute approximate surface area is 164 Å². The predicted molar refractivity (Wildman–Crippen MR) is 113 cm³/mol. The monoisotopic (exact) mass is 360 g/mol. The first-order chi connectivity index (χ1) is 13.2. The molecule has 0 N–H and O–H groups in total. The summed E-state index contributed by atoms with van der Waals surface area (Å²) >= 11 is 0. The third kappa shape index (κ3) is 4.99. The van der Waals surface area contributed by atoms with Crippen molar-refractivity contribution in [2.45, 2.75) is 50.4 Å². The van der Waals surface area contributed by atoms with Crippen LogP contribution in [0.25, 0.3) is 0 Å². The normalized spacial score (nSPS) is 16.9. The van der Waals surface area contributed by atoms with Gasteiger partial charge in [-0.2, -0.15) is 5.26 Å². The van der Waals surface area contributed by atoms with Crippen LogP contribution in [0.2, 0.25) is 0 Å². The number of hydrogen-bond donors (Lipinski definition) is 0. The second-order valence-corrected chi connectivity index (χ2v) is 8.07. The Balaban J connectivity index is 1.59. The van der Waals surface area contributed by atoms with Crippen LogP contribution in [0.4, 0.5) is 0 Å². The van der Waals surface area contributed by atoms with Crippen molar-refractivity contribution in [3.63, 3.8) is 0 Å². The summed E-state index contributed by atoms with van der Waals surface area (Å²) in [5.41, 5.74) is 2.31. The lowest BCUT2D eigenvalue weighted by Gasteiger charge is -2.34. The van der Waals surface area contributed by atoms with E-state index in [1.54, 1.807) is 0 Å². The first-order valence-corrected chi connectivity index (χ1v) is 10.4. The molecule has 0 radical (unpaired) electrons. The van der Waals surface area contributed by atoms with E-state index >= 15 is 0 Å². The summed E-state index contributed by atoms with van der Waals surface area (Å²) in [6, 6.07) is 24.0. The standard InChI is InChI=1S/C25H32N2/c1-27(20-17-22-11-4-2-5-12-22)19-10-18-25(21-26,24-15-8-9-16-24)23-13-6-3-7-14-23/h2-7,11-14,24H,8-10,15-20H2,1H3. The molecular weight excluding hydrogens is 328 g/mol. The molecule has 142 valence electrons. The molecule has 2 aromatic carbocycles. The smallest absolute Gasteiger partial charge is 0.0850 e. The van der Waals surface area contributed by atoms with Gasteiger partial charge in [-0.3, -0.25) is 0 Å². The topological polar surface area (TPSA) is 27.0 Å². The predicted octanol–water partition coefficient (Wildman–Crippen LogP) is 5.59. The molecule has 2 heteroatoms. The van der Waals surface area contributed by atoms with Crippen molar-refractivity contribution in [2.24, 2.45) is 5.92 Å². The zero-order valence-electron chi connectivity index (χ0n) is 16.6. The Morgan fingerprint density at radius 1 is 0.963 bits per heavy atom. The van der Waals surface area contributed by atoms with Crippen LogP contribution in [0.15, 0.2) is 60.7 Å². The fourth-order valence-corrected chi connectivity index (χ4v) is 4.65. The molecule has 2 aromatic rings. The van der Waals surface area contributed by atoms with Crippen LogP contribution < -0.4 is 0 Å². The van der Waals surface area contributed by atoms with Crippen molar-refractivity contribution >= 4 is 0 Å². The molecule has 0 bridgehead atoms. The first-order valence-electron chi connectivity index (χ1n) is 10.4. The van der Waals surface area contributed by atoms with Crippen molar-refractivity contribution in [1.82, 2.24) is 4.90 Å². The zero-order valence-corrected chi connectivity index (χ0v) is 16.6. The molecule has 1 atom stereocenters. The van der Waals surface area contributed by atoms with Crippen LogP contribution in [0.3, 0.4) is 0 Å². The number of nitrogens with zero attached hydrogens (tertiary/aromatic N) is 2. The van der Waals surface area contributed by atoms with E-state index in [1.165, 1.54) is 36.8 Å². The summed E-state index contributed by atoms with van der Waals surface area (Å²) in [7, 11) is 2.20. The van der Waals surface area contributed by atoms with E-state index in [4.69, 9.17) is 0 Å². The van der Waals surface area contributed by atoms with Gasteiger partial charge in [0.2, 0.25) is 0 Å². The van der Waals surface area contributed by atoms with Crippen molar-refractivity contribution in [3.05, 3.63) is 71.8 Å². The molecule has 1 aliphatic rings. The molecule has 1 aliphatic carbocycles. The fraction of sp³-hybridized carbons (Fsp3) is 0.480. The van der Waals surface area contributed by atoms with E-state index in [0.717, 1.165) is 32.4 Å². The van der Waals surface area contributed by atoms with Crippen LogP contribution in [-0.4, -0.2) is 25.0 Å². The van der Waals surface area contributed by atoms with Crippen LogP contribution in [0.5, 0.6) is 0 Å². The highest BCUT2D eigenvalue weighted by molar-refractivity contribution is 5.34. The molecule has 0 saturated heterocycles. The molecule has 0 spiro atoms. The number of rotatable bonds is 9. The molecule has 0 aromatic heterocycles. The van der Waals surface area contributed by atoms with Gasteiger partial charge in [-0.25, -0.2) is 0 Å². The third-order valence-electron chi connectivity index (χ3n) is 6.28. The lowest BCUT2D eigenvalue weighted by atomic mass is 9.67. The molecule has 0 aliphatic heterocycles. The van der Waals surface area contributed by atoms with E-state index in [-0.39, 0.29) is 5.41 Å². The van der Waals surface area contributed by atoms with Gasteiger partial charge in [-0.15, -0.1) is 0 Å². The Morgan fingerprint density at radius 3 is 2.22 bits per heavy atom. The summed E-state index contributed by atoms with van der Waals surface area (Å²) in [5, 5.41) is 10.2. The Hall–Kier alpha value is -2.11. The molecule has 1 saturated carbocycles. The molecular formula is C25H32N2. The lowest BCUT2D eigenvalue weighted by molar-refractivity contribution is 0.278. The molecule has 1 fully saturated rings. The minimum atomic E-state index is -0.308. The average Bonchev–Trinajstić information content (AvgIpc) is 3.27. The van der Waals surface area contributed by atoms with Crippen molar-refractivity contribution in [1.29, 1.82) is 5.26 Å².